The first-order valence-corrected chi connectivity index (χ1v) is 12.4. The van der Waals surface area contributed by atoms with Crippen LogP contribution in [0.3, 0.4) is 0 Å². The summed E-state index contributed by atoms with van der Waals surface area (Å²) < 4.78 is 27.3. The number of aryl methyl sites for hydroxylation is 3. The Balaban J connectivity index is 1.74. The molecule has 3 aromatic rings. The maximum atomic E-state index is 14.2. The minimum atomic E-state index is -4.16. The Labute approximate surface area is 193 Å². The molecule has 5 rings (SSSR count). The molecule has 1 spiro atoms. The van der Waals surface area contributed by atoms with Crippen LogP contribution < -0.4 is 9.80 Å². The van der Waals surface area contributed by atoms with Gasteiger partial charge in [-0.1, -0.05) is 59.7 Å². The molecule has 168 valence electrons. The molecule has 1 fully saturated rings. The van der Waals surface area contributed by atoms with Crippen LogP contribution in [0.1, 0.15) is 27.8 Å². The predicted octanol–water partition coefficient (Wildman–Crippen LogP) is 3.77. The summed E-state index contributed by atoms with van der Waals surface area (Å²) in [5, 5.41) is 0. The third-order valence-corrected chi connectivity index (χ3v) is 8.65. The van der Waals surface area contributed by atoms with Gasteiger partial charge in [-0.2, -0.15) is 0 Å². The van der Waals surface area contributed by atoms with Gasteiger partial charge >= 0.3 is 0 Å². The molecule has 0 bridgehead atoms. The van der Waals surface area contributed by atoms with Crippen LogP contribution >= 0.6 is 0 Å². The van der Waals surface area contributed by atoms with Crippen LogP contribution in [0.25, 0.3) is 0 Å². The molecule has 1 saturated heterocycles. The van der Waals surface area contributed by atoms with Crippen molar-refractivity contribution in [3.63, 3.8) is 0 Å². The topological polar surface area (TPSA) is 74.8 Å². The van der Waals surface area contributed by atoms with Crippen molar-refractivity contribution in [3.8, 4) is 0 Å². The summed E-state index contributed by atoms with van der Waals surface area (Å²) in [5.41, 5.74) is 5.19. The number of hydrogen-bond donors (Lipinski definition) is 0. The van der Waals surface area contributed by atoms with Crippen molar-refractivity contribution in [1.29, 1.82) is 0 Å². The van der Waals surface area contributed by atoms with E-state index in [1.54, 1.807) is 48.5 Å². The highest BCUT2D eigenvalue weighted by molar-refractivity contribution is 7.94. The summed E-state index contributed by atoms with van der Waals surface area (Å²) >= 11 is 0. The molecule has 0 radical (unpaired) electrons. The minimum absolute atomic E-state index is 0.219. The van der Waals surface area contributed by atoms with Gasteiger partial charge in [-0.25, -0.2) is 8.42 Å². The van der Waals surface area contributed by atoms with Crippen LogP contribution in [0.2, 0.25) is 0 Å². The van der Waals surface area contributed by atoms with E-state index in [0.717, 1.165) is 22.3 Å². The highest BCUT2D eigenvalue weighted by Crippen LogP contribution is 2.52. The zero-order valence-corrected chi connectivity index (χ0v) is 19.5. The van der Waals surface area contributed by atoms with E-state index in [-0.39, 0.29) is 6.54 Å². The van der Waals surface area contributed by atoms with E-state index in [2.05, 4.69) is 0 Å². The number of nitrogens with zero attached hydrogens (tertiary/aromatic N) is 2. The molecule has 2 amide bonds. The average molecular weight is 461 g/mol. The van der Waals surface area contributed by atoms with Crippen molar-refractivity contribution in [2.24, 2.45) is 0 Å². The highest BCUT2D eigenvalue weighted by Gasteiger charge is 2.69. The van der Waals surface area contributed by atoms with E-state index in [9.17, 15) is 18.0 Å². The Morgan fingerprint density at radius 2 is 1.55 bits per heavy atom. The van der Waals surface area contributed by atoms with Crippen LogP contribution in [0.4, 0.5) is 11.4 Å². The molecule has 7 heteroatoms. The van der Waals surface area contributed by atoms with Crippen LogP contribution in [0.5, 0.6) is 0 Å². The Kier molecular flexibility index (Phi) is 4.72. The molecule has 2 heterocycles. The Morgan fingerprint density at radius 1 is 0.879 bits per heavy atom. The largest absolute Gasteiger partial charge is 0.304 e. The number of sulfone groups is 1. The Morgan fingerprint density at radius 3 is 2.27 bits per heavy atom. The van der Waals surface area contributed by atoms with Crippen molar-refractivity contribution < 1.29 is 18.0 Å². The zero-order valence-electron chi connectivity index (χ0n) is 18.7. The lowest BCUT2D eigenvalue weighted by atomic mass is 10.0. The molecule has 2 aliphatic heterocycles. The van der Waals surface area contributed by atoms with Crippen LogP contribution in [-0.2, 0) is 30.8 Å². The number of carbonyl (C=O) groups is 2. The lowest BCUT2D eigenvalue weighted by Gasteiger charge is -2.32. The van der Waals surface area contributed by atoms with E-state index >= 15 is 0 Å². The zero-order chi connectivity index (χ0) is 23.5. The van der Waals surface area contributed by atoms with Gasteiger partial charge in [-0.05, 0) is 50.1 Å². The third kappa shape index (κ3) is 2.95. The third-order valence-electron chi connectivity index (χ3n) is 6.55. The number of anilines is 2. The molecule has 2 aliphatic rings. The van der Waals surface area contributed by atoms with Gasteiger partial charge in [0.05, 0.1) is 12.2 Å². The summed E-state index contributed by atoms with van der Waals surface area (Å²) in [7, 11) is -4.16. The molecule has 0 aliphatic carbocycles. The predicted molar refractivity (Wildman–Crippen MR) is 128 cm³/mol. The number of fused-ring (bicyclic) bond motifs is 2. The first kappa shape index (κ1) is 21.4. The number of carbonyl (C=O) groups excluding carboxylic acids is 2. The number of amides is 2. The normalized spacial score (nSPS) is 21.2. The summed E-state index contributed by atoms with van der Waals surface area (Å²) in [6, 6.07) is 19.9. The average Bonchev–Trinajstić information content (AvgIpc) is 3.14. The second-order valence-corrected chi connectivity index (χ2v) is 10.9. The van der Waals surface area contributed by atoms with Crippen LogP contribution in [0, 0.1) is 20.8 Å². The summed E-state index contributed by atoms with van der Waals surface area (Å²) in [6.07, 6.45) is 0. The van der Waals surface area contributed by atoms with Crippen molar-refractivity contribution in [2.45, 2.75) is 32.2 Å². The smallest absolute Gasteiger partial charge is 0.274 e. The van der Waals surface area contributed by atoms with E-state index in [1.807, 2.05) is 39.0 Å². The second kappa shape index (κ2) is 7.28. The number of rotatable bonds is 3. The Bertz CT molecular complexity index is 1410. The molecule has 0 N–H and O–H groups in total. The minimum Gasteiger partial charge on any atom is -0.304 e. The van der Waals surface area contributed by atoms with Crippen LogP contribution in [0.15, 0.2) is 66.7 Å². The molecule has 33 heavy (non-hydrogen) atoms. The number of para-hydroxylation sites is 1. The fourth-order valence-electron chi connectivity index (χ4n) is 4.88. The van der Waals surface area contributed by atoms with E-state index < -0.39 is 32.3 Å². The van der Waals surface area contributed by atoms with Gasteiger partial charge in [0.15, 0.2) is 9.84 Å². The molecular formula is C26H24N2O4S. The molecule has 0 aromatic heterocycles. The van der Waals surface area contributed by atoms with Crippen molar-refractivity contribution in [2.75, 3.05) is 15.6 Å². The molecule has 3 aromatic carbocycles. The number of benzene rings is 3. The first-order valence-electron chi connectivity index (χ1n) is 10.8. The van der Waals surface area contributed by atoms with E-state index in [0.29, 0.717) is 16.9 Å². The maximum absolute atomic E-state index is 14.2. The van der Waals surface area contributed by atoms with Gasteiger partial charge in [0.2, 0.25) is 5.91 Å². The lowest BCUT2D eigenvalue weighted by molar-refractivity contribution is -0.123. The van der Waals surface area contributed by atoms with Gasteiger partial charge in [0, 0.05) is 11.3 Å². The molecule has 1 unspecified atom stereocenters. The highest BCUT2D eigenvalue weighted by atomic mass is 32.2. The van der Waals surface area contributed by atoms with Gasteiger partial charge in [0.1, 0.15) is 5.75 Å². The van der Waals surface area contributed by atoms with Crippen molar-refractivity contribution >= 4 is 33.0 Å². The summed E-state index contributed by atoms with van der Waals surface area (Å²) in [4.78, 5) is 27.9. The standard InChI is InChI=1S/C26H24N2O4S/c1-17-9-12-21(13-10-17)28-24(29)16-33(31,32)26(28)22-6-4-5-7-23(22)27(25(26)30)15-20-14-18(2)8-11-19(20)3/h4-14H,15-16H2,1-3H3. The van der Waals surface area contributed by atoms with Gasteiger partial charge < -0.3 is 4.90 Å². The lowest BCUT2D eigenvalue weighted by Crippen LogP contribution is -2.54. The Hall–Kier alpha value is -3.45. The van der Waals surface area contributed by atoms with Gasteiger partial charge in [-0.3, -0.25) is 14.5 Å². The SMILES string of the molecule is Cc1ccc(N2C(=O)CS(=O)(=O)C23C(=O)N(Cc2cc(C)ccc2C)c2ccccc23)cc1. The summed E-state index contributed by atoms with van der Waals surface area (Å²) in [5.74, 6) is -1.93. The molecule has 0 saturated carbocycles. The quantitative estimate of drug-likeness (QED) is 0.596. The van der Waals surface area contributed by atoms with Crippen molar-refractivity contribution in [1.82, 2.24) is 0 Å². The first-order chi connectivity index (χ1) is 15.7. The van der Waals surface area contributed by atoms with E-state index in [4.69, 9.17) is 0 Å². The van der Waals surface area contributed by atoms with Crippen LogP contribution in [-0.4, -0.2) is 26.0 Å². The maximum Gasteiger partial charge on any atom is 0.274 e. The molecule has 6 nitrogen and oxygen atoms in total. The monoisotopic (exact) mass is 460 g/mol. The second-order valence-electron chi connectivity index (χ2n) is 8.81. The molecule has 1 atom stereocenters. The van der Waals surface area contributed by atoms with Gasteiger partial charge in [0.25, 0.3) is 10.8 Å². The summed E-state index contributed by atoms with van der Waals surface area (Å²) in [6.45, 7) is 6.06. The van der Waals surface area contributed by atoms with E-state index in [1.165, 1.54) is 9.80 Å². The fraction of sp³-hybridized carbons (Fsp3) is 0.231. The molecular weight excluding hydrogens is 436 g/mol. The number of hydrogen-bond acceptors (Lipinski definition) is 4. The van der Waals surface area contributed by atoms with Crippen molar-refractivity contribution in [3.05, 3.63) is 94.5 Å². The van der Waals surface area contributed by atoms with Gasteiger partial charge in [-0.15, -0.1) is 0 Å². The fourth-order valence-corrected chi connectivity index (χ4v) is 6.92.